The van der Waals surface area contributed by atoms with Crippen LogP contribution in [0, 0.1) is 11.3 Å². The van der Waals surface area contributed by atoms with Crippen LogP contribution in [0.5, 0.6) is 0 Å². The number of hydrogen-bond donors (Lipinski definition) is 1. The van der Waals surface area contributed by atoms with E-state index in [1.165, 1.54) is 0 Å². The number of carbonyl (C=O) groups excluding carboxylic acids is 2. The Morgan fingerprint density at radius 2 is 1.74 bits per heavy atom. The first-order chi connectivity index (χ1) is 13.2. The second-order valence-corrected chi connectivity index (χ2v) is 7.11. The van der Waals surface area contributed by atoms with Crippen LogP contribution in [-0.4, -0.2) is 11.7 Å². The lowest BCUT2D eigenvalue weighted by Gasteiger charge is -2.08. The predicted octanol–water partition coefficient (Wildman–Crippen LogP) is 4.20. The zero-order valence-corrected chi connectivity index (χ0v) is 15.0. The third-order valence-corrected chi connectivity index (χ3v) is 5.35. The van der Waals surface area contributed by atoms with Crippen molar-refractivity contribution < 1.29 is 9.59 Å². The number of carbonyl (C=O) groups is 2. The van der Waals surface area contributed by atoms with Crippen molar-refractivity contribution in [3.8, 4) is 6.07 Å². The minimum atomic E-state index is -0.249. The Morgan fingerprint density at radius 1 is 1.00 bits per heavy atom. The maximum absolute atomic E-state index is 12.4. The first-order valence-electron chi connectivity index (χ1n) is 8.38. The molecule has 1 aromatic heterocycles. The number of hydrogen-bond acceptors (Lipinski definition) is 4. The highest BCUT2D eigenvalue weighted by Gasteiger charge is 2.30. The Bertz CT molecular complexity index is 1100. The van der Waals surface area contributed by atoms with Gasteiger partial charge in [0.2, 0.25) is 5.78 Å². The molecule has 27 heavy (non-hydrogen) atoms. The fourth-order valence-corrected chi connectivity index (χ4v) is 3.80. The minimum absolute atomic E-state index is 0.145. The highest BCUT2D eigenvalue weighted by atomic mass is 32.1. The highest BCUT2D eigenvalue weighted by molar-refractivity contribution is 7.09. The molecule has 4 nitrogen and oxygen atoms in total. The normalized spacial score (nSPS) is 12.6. The smallest absolute Gasteiger partial charge is 0.251 e. The number of nitriles is 1. The van der Waals surface area contributed by atoms with E-state index in [0.29, 0.717) is 23.2 Å². The summed E-state index contributed by atoms with van der Waals surface area (Å²) in [5.41, 5.74) is 3.36. The van der Waals surface area contributed by atoms with E-state index >= 15 is 0 Å². The fourth-order valence-electron chi connectivity index (χ4n) is 3.16. The van der Waals surface area contributed by atoms with Crippen LogP contribution < -0.4 is 5.32 Å². The lowest BCUT2D eigenvalue weighted by molar-refractivity contribution is 0.0950. The van der Waals surface area contributed by atoms with Crippen LogP contribution in [0.15, 0.2) is 71.6 Å². The molecule has 0 atom stereocenters. The van der Waals surface area contributed by atoms with Gasteiger partial charge >= 0.3 is 0 Å². The number of Topliss-reactive ketones (excluding diaryl/α,β-unsaturated/α-hetero) is 1. The van der Waals surface area contributed by atoms with Gasteiger partial charge in [0.15, 0.2) is 0 Å². The van der Waals surface area contributed by atoms with Gasteiger partial charge in [0.1, 0.15) is 11.6 Å². The van der Waals surface area contributed by atoms with Crippen LogP contribution >= 0.6 is 11.3 Å². The molecule has 5 heteroatoms. The summed E-state index contributed by atoms with van der Waals surface area (Å²) < 4.78 is 0. The van der Waals surface area contributed by atoms with E-state index in [0.717, 1.165) is 16.0 Å². The highest BCUT2D eigenvalue weighted by Crippen LogP contribution is 2.37. The largest absolute Gasteiger partial charge is 0.347 e. The Morgan fingerprint density at radius 3 is 2.41 bits per heavy atom. The molecule has 0 radical (unpaired) electrons. The van der Waals surface area contributed by atoms with Gasteiger partial charge in [-0.05, 0) is 34.7 Å². The fraction of sp³-hybridized carbons (Fsp3) is 0.0455. The van der Waals surface area contributed by atoms with E-state index in [-0.39, 0.29) is 17.3 Å². The van der Waals surface area contributed by atoms with Crippen molar-refractivity contribution in [2.24, 2.45) is 0 Å². The number of benzene rings is 2. The number of amides is 1. The number of allylic oxidation sites excluding steroid dienone is 1. The second-order valence-electron chi connectivity index (χ2n) is 6.08. The summed E-state index contributed by atoms with van der Waals surface area (Å²) in [5.74, 6) is -0.409. The van der Waals surface area contributed by atoms with Crippen LogP contribution in [0.25, 0.3) is 5.57 Å². The monoisotopic (exact) mass is 370 g/mol. The molecule has 1 aliphatic carbocycles. The Labute approximate surface area is 160 Å². The number of nitrogens with one attached hydrogen (secondary N) is 1. The summed E-state index contributed by atoms with van der Waals surface area (Å²) in [6.45, 7) is 0.490. The van der Waals surface area contributed by atoms with E-state index in [4.69, 9.17) is 0 Å². The lowest BCUT2D eigenvalue weighted by atomic mass is 9.97. The van der Waals surface area contributed by atoms with E-state index in [2.05, 4.69) is 5.32 Å². The Kier molecular flexibility index (Phi) is 4.41. The van der Waals surface area contributed by atoms with Gasteiger partial charge in [0.05, 0.1) is 6.54 Å². The van der Waals surface area contributed by atoms with Gasteiger partial charge in [-0.2, -0.15) is 5.26 Å². The average molecular weight is 370 g/mol. The van der Waals surface area contributed by atoms with Crippen molar-refractivity contribution in [3.63, 3.8) is 0 Å². The van der Waals surface area contributed by atoms with Gasteiger partial charge in [0, 0.05) is 21.6 Å². The number of rotatable bonds is 4. The molecule has 1 aliphatic rings. The number of nitrogens with zero attached hydrogens (tertiary/aromatic N) is 1. The maximum atomic E-state index is 12.4. The molecule has 130 valence electrons. The summed E-state index contributed by atoms with van der Waals surface area (Å²) in [6.07, 6.45) is 0. The molecule has 1 heterocycles. The SMILES string of the molecule is N#CC1=C(c2ccc(C(=O)NCc3cccs3)cc2)c2ccccc2C1=O. The van der Waals surface area contributed by atoms with Gasteiger partial charge in [-0.1, -0.05) is 42.5 Å². The second kappa shape index (κ2) is 7.02. The number of fused-ring (bicyclic) bond motifs is 1. The number of thiophene rings is 1. The van der Waals surface area contributed by atoms with Crippen molar-refractivity contribution in [2.75, 3.05) is 0 Å². The topological polar surface area (TPSA) is 70.0 Å². The standard InChI is InChI=1S/C22H14N2O2S/c23-12-19-20(17-5-1-2-6-18(17)21(19)25)14-7-9-15(10-8-14)22(26)24-13-16-4-3-11-27-16/h1-11H,13H2,(H,24,26). The van der Waals surface area contributed by atoms with E-state index in [1.54, 1.807) is 47.7 Å². The minimum Gasteiger partial charge on any atom is -0.347 e. The predicted molar refractivity (Wildman–Crippen MR) is 104 cm³/mol. The van der Waals surface area contributed by atoms with Crippen molar-refractivity contribution in [2.45, 2.75) is 6.54 Å². The molecule has 0 spiro atoms. The first-order valence-corrected chi connectivity index (χ1v) is 9.26. The summed E-state index contributed by atoms with van der Waals surface area (Å²) in [6, 6.07) is 20.1. The zero-order chi connectivity index (χ0) is 18.8. The Balaban J connectivity index is 1.60. The quantitative estimate of drug-likeness (QED) is 0.748. The number of ketones is 1. The van der Waals surface area contributed by atoms with Crippen molar-refractivity contribution >= 4 is 28.6 Å². The maximum Gasteiger partial charge on any atom is 0.251 e. The summed E-state index contributed by atoms with van der Waals surface area (Å²) in [4.78, 5) is 25.8. The summed E-state index contributed by atoms with van der Waals surface area (Å²) in [5, 5.41) is 14.3. The average Bonchev–Trinajstić information content (AvgIpc) is 3.32. The molecule has 0 saturated carbocycles. The van der Waals surface area contributed by atoms with Gasteiger partial charge in [0.25, 0.3) is 5.91 Å². The molecule has 1 amide bonds. The van der Waals surface area contributed by atoms with Crippen LogP contribution in [0.4, 0.5) is 0 Å². The van der Waals surface area contributed by atoms with Gasteiger partial charge in [-0.15, -0.1) is 11.3 Å². The zero-order valence-electron chi connectivity index (χ0n) is 14.2. The van der Waals surface area contributed by atoms with Crippen molar-refractivity contribution in [3.05, 3.63) is 98.7 Å². The van der Waals surface area contributed by atoms with Crippen molar-refractivity contribution in [1.82, 2.24) is 5.32 Å². The van der Waals surface area contributed by atoms with Crippen LogP contribution in [0.2, 0.25) is 0 Å². The van der Waals surface area contributed by atoms with E-state index in [1.807, 2.05) is 35.7 Å². The molecule has 0 fully saturated rings. The molecule has 1 N–H and O–H groups in total. The molecular weight excluding hydrogens is 356 g/mol. The third-order valence-electron chi connectivity index (χ3n) is 4.47. The lowest BCUT2D eigenvalue weighted by Crippen LogP contribution is -2.22. The molecule has 3 aromatic rings. The molecule has 0 aliphatic heterocycles. The molecular formula is C22H14N2O2S. The van der Waals surface area contributed by atoms with Crippen molar-refractivity contribution in [1.29, 1.82) is 5.26 Å². The molecule has 0 bridgehead atoms. The summed E-state index contributed by atoms with van der Waals surface area (Å²) in [7, 11) is 0. The van der Waals surface area contributed by atoms with Crippen LogP contribution in [-0.2, 0) is 6.54 Å². The molecule has 2 aromatic carbocycles. The first kappa shape index (κ1) is 17.0. The molecule has 0 unspecified atom stereocenters. The van der Waals surface area contributed by atoms with E-state index in [9.17, 15) is 14.9 Å². The summed E-state index contributed by atoms with van der Waals surface area (Å²) >= 11 is 1.59. The molecule has 4 rings (SSSR count). The van der Waals surface area contributed by atoms with E-state index < -0.39 is 0 Å². The molecule has 0 saturated heterocycles. The van der Waals surface area contributed by atoms with Gasteiger partial charge in [-0.3, -0.25) is 9.59 Å². The Hall–Kier alpha value is -3.49. The third kappa shape index (κ3) is 3.07. The van der Waals surface area contributed by atoms with Gasteiger partial charge < -0.3 is 5.32 Å². The van der Waals surface area contributed by atoms with Crippen LogP contribution in [0.3, 0.4) is 0 Å². The van der Waals surface area contributed by atoms with Crippen LogP contribution in [0.1, 0.15) is 36.7 Å². The van der Waals surface area contributed by atoms with Gasteiger partial charge in [-0.25, -0.2) is 0 Å².